The third-order valence-corrected chi connectivity index (χ3v) is 6.71. The predicted octanol–water partition coefficient (Wildman–Crippen LogP) is 7.20. The van der Waals surface area contributed by atoms with Crippen molar-refractivity contribution >= 4 is 0 Å². The summed E-state index contributed by atoms with van der Waals surface area (Å²) in [5, 5.41) is 6.58. The van der Waals surface area contributed by atoms with Crippen LogP contribution in [-0.4, -0.2) is 84.9 Å². The first-order chi connectivity index (χ1) is 16.7. The Bertz CT molecular complexity index is 509. The summed E-state index contributed by atoms with van der Waals surface area (Å²) in [6, 6.07) is 0. The summed E-state index contributed by atoms with van der Waals surface area (Å²) >= 11 is 0. The van der Waals surface area contributed by atoms with Gasteiger partial charge >= 0.3 is 0 Å². The zero-order valence-electron chi connectivity index (χ0n) is 28.4. The molecule has 0 aliphatic carbocycles. The van der Waals surface area contributed by atoms with Gasteiger partial charge in [-0.05, 0) is 147 Å². The van der Waals surface area contributed by atoms with Crippen molar-refractivity contribution in [1.82, 2.24) is 20.4 Å². The molecule has 2 rings (SSSR count). The number of rotatable bonds is 4. The summed E-state index contributed by atoms with van der Waals surface area (Å²) < 4.78 is 4.87. The summed E-state index contributed by atoms with van der Waals surface area (Å²) in [4.78, 5) is 5.17. The van der Waals surface area contributed by atoms with Crippen LogP contribution in [0.4, 0.5) is 0 Å². The van der Waals surface area contributed by atoms with Crippen molar-refractivity contribution in [3.8, 4) is 0 Å². The van der Waals surface area contributed by atoms with E-state index in [0.29, 0.717) is 16.6 Å². The summed E-state index contributed by atoms with van der Waals surface area (Å²) in [5.41, 5.74) is 1.31. The van der Waals surface area contributed by atoms with Gasteiger partial charge in [0, 0.05) is 35.8 Å². The lowest BCUT2D eigenvalue weighted by molar-refractivity contribution is 0.0916. The molecule has 0 spiro atoms. The molecule has 5 nitrogen and oxygen atoms in total. The van der Waals surface area contributed by atoms with E-state index in [2.05, 4.69) is 117 Å². The van der Waals surface area contributed by atoms with Crippen LogP contribution in [0.25, 0.3) is 0 Å². The van der Waals surface area contributed by atoms with Crippen LogP contribution < -0.4 is 10.6 Å². The van der Waals surface area contributed by atoms with Gasteiger partial charge < -0.3 is 15.4 Å². The SMILES string of the molecule is CC(C)(C)N1CCCCC1.CC1CCN(C(C)(C)C)CC1.CCNC(C)(C)C.COCCNC(C)(C)C. The van der Waals surface area contributed by atoms with Gasteiger partial charge in [-0.3, -0.25) is 9.80 Å². The van der Waals surface area contributed by atoms with E-state index < -0.39 is 0 Å². The van der Waals surface area contributed by atoms with Crippen molar-refractivity contribution in [2.75, 3.05) is 53.0 Å². The van der Waals surface area contributed by atoms with Gasteiger partial charge in [-0.15, -0.1) is 0 Å². The second-order valence-corrected chi connectivity index (χ2v) is 15.0. The fourth-order valence-electron chi connectivity index (χ4n) is 4.30. The highest BCUT2D eigenvalue weighted by molar-refractivity contribution is 4.80. The highest BCUT2D eigenvalue weighted by Gasteiger charge is 2.25. The number of likely N-dealkylation sites (tertiary alicyclic amines) is 2. The first-order valence-electron chi connectivity index (χ1n) is 15.2. The van der Waals surface area contributed by atoms with E-state index in [1.807, 2.05) is 0 Å². The van der Waals surface area contributed by atoms with Crippen LogP contribution in [-0.2, 0) is 4.74 Å². The van der Waals surface area contributed by atoms with E-state index >= 15 is 0 Å². The minimum Gasteiger partial charge on any atom is -0.383 e. The third kappa shape index (κ3) is 25.8. The molecule has 0 atom stereocenters. The molecular weight excluding hydrogens is 456 g/mol. The molecule has 0 saturated carbocycles. The molecule has 2 aliphatic heterocycles. The molecule has 37 heavy (non-hydrogen) atoms. The molecule has 0 unspecified atom stereocenters. The van der Waals surface area contributed by atoms with Gasteiger partial charge in [0.25, 0.3) is 0 Å². The van der Waals surface area contributed by atoms with Gasteiger partial charge in [-0.2, -0.15) is 0 Å². The van der Waals surface area contributed by atoms with E-state index in [-0.39, 0.29) is 5.54 Å². The normalized spacial score (nSPS) is 18.6. The van der Waals surface area contributed by atoms with E-state index in [1.54, 1.807) is 7.11 Å². The fraction of sp³-hybridized carbons (Fsp3) is 1.00. The third-order valence-electron chi connectivity index (χ3n) is 6.71. The Balaban J connectivity index is 0. The van der Waals surface area contributed by atoms with Crippen LogP contribution in [0.15, 0.2) is 0 Å². The maximum absolute atomic E-state index is 4.87. The highest BCUT2D eigenvalue weighted by atomic mass is 16.5. The molecule has 5 heteroatoms. The van der Waals surface area contributed by atoms with Crippen LogP contribution >= 0.6 is 0 Å². The number of nitrogens with one attached hydrogen (secondary N) is 2. The topological polar surface area (TPSA) is 39.8 Å². The lowest BCUT2D eigenvalue weighted by Gasteiger charge is -2.40. The zero-order chi connectivity index (χ0) is 29.3. The molecule has 2 heterocycles. The van der Waals surface area contributed by atoms with Crippen molar-refractivity contribution in [2.24, 2.45) is 5.92 Å². The Morgan fingerprint density at radius 2 is 1.05 bits per heavy atom. The molecule has 0 radical (unpaired) electrons. The summed E-state index contributed by atoms with van der Waals surface area (Å²) in [5.74, 6) is 0.952. The average molecular weight is 529 g/mol. The van der Waals surface area contributed by atoms with Crippen LogP contribution in [0, 0.1) is 5.92 Å². The first kappa shape index (κ1) is 38.9. The molecule has 226 valence electrons. The molecule has 0 amide bonds. The molecular formula is C32H72N4O. The van der Waals surface area contributed by atoms with E-state index in [0.717, 1.165) is 25.6 Å². The van der Waals surface area contributed by atoms with Crippen LogP contribution in [0.2, 0.25) is 0 Å². The molecule has 0 bridgehead atoms. The van der Waals surface area contributed by atoms with Crippen molar-refractivity contribution < 1.29 is 4.74 Å². The van der Waals surface area contributed by atoms with Gasteiger partial charge in [-0.1, -0.05) is 20.3 Å². The maximum atomic E-state index is 4.87. The van der Waals surface area contributed by atoms with E-state index in [1.165, 1.54) is 58.3 Å². The Morgan fingerprint density at radius 3 is 1.32 bits per heavy atom. The van der Waals surface area contributed by atoms with E-state index in [4.69, 9.17) is 4.74 Å². The van der Waals surface area contributed by atoms with Crippen molar-refractivity contribution in [1.29, 1.82) is 0 Å². The lowest BCUT2D eigenvalue weighted by atomic mass is 9.95. The van der Waals surface area contributed by atoms with Crippen molar-refractivity contribution in [3.63, 3.8) is 0 Å². The van der Waals surface area contributed by atoms with Crippen molar-refractivity contribution in [3.05, 3.63) is 0 Å². The number of methoxy groups -OCH3 is 1. The Hall–Kier alpha value is -0.200. The van der Waals surface area contributed by atoms with Crippen molar-refractivity contribution in [2.45, 2.75) is 151 Å². The molecule has 2 N–H and O–H groups in total. The standard InChI is InChI=1S/C10H21N.C9H19N.C7H17NO.C6H15N/c1-9-5-7-11(8-6-9)10(2,3)4;1-9(2,3)10-7-5-4-6-8-10;1-7(2,3)8-5-6-9-4;1-5-7-6(2,3)4/h9H,5-8H2,1-4H3;4-8H2,1-3H3;8H,5-6H2,1-4H3;7H,5H2,1-4H3. The number of piperidine rings is 2. The molecule has 0 aromatic carbocycles. The quantitative estimate of drug-likeness (QED) is 0.377. The highest BCUT2D eigenvalue weighted by Crippen LogP contribution is 2.23. The van der Waals surface area contributed by atoms with Gasteiger partial charge in [0.05, 0.1) is 6.61 Å². The van der Waals surface area contributed by atoms with Crippen LogP contribution in [0.5, 0.6) is 0 Å². The molecule has 2 fully saturated rings. The van der Waals surface area contributed by atoms with Crippen LogP contribution in [0.3, 0.4) is 0 Å². The molecule has 0 aromatic rings. The minimum atomic E-state index is 0.221. The van der Waals surface area contributed by atoms with Gasteiger partial charge in [0.2, 0.25) is 0 Å². The summed E-state index contributed by atoms with van der Waals surface area (Å²) in [7, 11) is 1.71. The van der Waals surface area contributed by atoms with Gasteiger partial charge in [0.15, 0.2) is 0 Å². The summed E-state index contributed by atoms with van der Waals surface area (Å²) in [6.45, 7) is 39.2. The predicted molar refractivity (Wildman–Crippen MR) is 168 cm³/mol. The zero-order valence-corrected chi connectivity index (χ0v) is 28.4. The number of hydrogen-bond acceptors (Lipinski definition) is 5. The number of hydrogen-bond donors (Lipinski definition) is 2. The Morgan fingerprint density at radius 1 is 0.649 bits per heavy atom. The largest absolute Gasteiger partial charge is 0.383 e. The minimum absolute atomic E-state index is 0.221. The average Bonchev–Trinajstić information content (AvgIpc) is 2.73. The molecule has 2 aliphatic rings. The fourth-order valence-corrected chi connectivity index (χ4v) is 4.30. The Kier molecular flexibility index (Phi) is 20.0. The van der Waals surface area contributed by atoms with Gasteiger partial charge in [-0.25, -0.2) is 0 Å². The lowest BCUT2D eigenvalue weighted by Crippen LogP contribution is -2.45. The first-order valence-corrected chi connectivity index (χ1v) is 15.2. The molecule has 0 aromatic heterocycles. The molecule has 2 saturated heterocycles. The van der Waals surface area contributed by atoms with Crippen LogP contribution in [0.1, 0.15) is 129 Å². The smallest absolute Gasteiger partial charge is 0.0587 e. The number of ether oxygens (including phenoxy) is 1. The summed E-state index contributed by atoms with van der Waals surface area (Å²) in [6.07, 6.45) is 7.01. The van der Waals surface area contributed by atoms with Gasteiger partial charge in [0.1, 0.15) is 0 Å². The number of nitrogens with zero attached hydrogens (tertiary/aromatic N) is 2. The maximum Gasteiger partial charge on any atom is 0.0587 e. The second-order valence-electron chi connectivity index (χ2n) is 15.0. The monoisotopic (exact) mass is 529 g/mol. The van der Waals surface area contributed by atoms with E-state index in [9.17, 15) is 0 Å². The Labute approximate surface area is 235 Å². The second kappa shape index (κ2) is 19.0.